The maximum absolute atomic E-state index is 11.4. The van der Waals surface area contributed by atoms with Crippen molar-refractivity contribution in [3.63, 3.8) is 0 Å². The molecule has 0 aliphatic carbocycles. The van der Waals surface area contributed by atoms with E-state index >= 15 is 0 Å². The Labute approximate surface area is 184 Å². The highest BCUT2D eigenvalue weighted by atomic mass is 32.2. The smallest absolute Gasteiger partial charge is 0.221 e. The van der Waals surface area contributed by atoms with Crippen LogP contribution in [0.2, 0.25) is 0 Å². The second kappa shape index (κ2) is 10.1. The average Bonchev–Trinajstić information content (AvgIpc) is 3.31. The number of hydrogen-bond acceptors (Lipinski definition) is 7. The van der Waals surface area contributed by atoms with Crippen LogP contribution in [-0.4, -0.2) is 38.1 Å². The van der Waals surface area contributed by atoms with Crippen molar-refractivity contribution in [2.45, 2.75) is 43.6 Å². The van der Waals surface area contributed by atoms with E-state index in [2.05, 4.69) is 20.5 Å². The molecule has 0 bridgehead atoms. The molecule has 0 saturated carbocycles. The molecule has 162 valence electrons. The number of thioether (sulfide) groups is 1. The number of aliphatic hydroxyl groups is 1. The van der Waals surface area contributed by atoms with Gasteiger partial charge in [-0.25, -0.2) is 4.98 Å². The summed E-state index contributed by atoms with van der Waals surface area (Å²) >= 11 is 1.55. The van der Waals surface area contributed by atoms with Gasteiger partial charge in [0.15, 0.2) is 11.4 Å². The number of nitrogens with zero attached hydrogens (tertiary/aromatic N) is 2. The molecule has 1 fully saturated rings. The number of aromatic nitrogens is 3. The molecule has 9 heteroatoms. The van der Waals surface area contributed by atoms with Gasteiger partial charge in [0, 0.05) is 30.3 Å². The van der Waals surface area contributed by atoms with Crippen LogP contribution >= 0.6 is 11.8 Å². The molecule has 3 aromatic rings. The summed E-state index contributed by atoms with van der Waals surface area (Å²) in [4.78, 5) is 15.6. The van der Waals surface area contributed by atoms with Gasteiger partial charge in [0.25, 0.3) is 0 Å². The van der Waals surface area contributed by atoms with E-state index in [1.807, 2.05) is 48.5 Å². The number of rotatable bonds is 7. The zero-order chi connectivity index (χ0) is 21.6. The quantitative estimate of drug-likeness (QED) is 0.482. The molecule has 31 heavy (non-hydrogen) atoms. The fraction of sp³-hybridized carbons (Fsp3) is 0.318. The number of benzene rings is 2. The van der Waals surface area contributed by atoms with Crippen molar-refractivity contribution < 1.29 is 19.4 Å². The fourth-order valence-electron chi connectivity index (χ4n) is 3.42. The van der Waals surface area contributed by atoms with Gasteiger partial charge in [0.05, 0.1) is 18.8 Å². The number of aliphatic hydroxyl groups excluding tert-OH is 1. The van der Waals surface area contributed by atoms with Crippen molar-refractivity contribution in [1.29, 1.82) is 0 Å². The van der Waals surface area contributed by atoms with E-state index in [9.17, 15) is 9.90 Å². The SMILES string of the molecule is CC(=O)Nc1cccc(C2OC(CSc3ncn[nH]3)CC(c3ccc(CO)cc3)O2)c1. The lowest BCUT2D eigenvalue weighted by molar-refractivity contribution is -0.245. The Balaban J connectivity index is 1.55. The van der Waals surface area contributed by atoms with Crippen molar-refractivity contribution in [2.24, 2.45) is 0 Å². The lowest BCUT2D eigenvalue weighted by atomic mass is 10.0. The molecule has 2 aromatic carbocycles. The first-order valence-electron chi connectivity index (χ1n) is 9.97. The zero-order valence-corrected chi connectivity index (χ0v) is 17.8. The van der Waals surface area contributed by atoms with Crippen LogP contribution in [0.5, 0.6) is 0 Å². The van der Waals surface area contributed by atoms with Crippen LogP contribution in [0.4, 0.5) is 5.69 Å². The third-order valence-electron chi connectivity index (χ3n) is 4.89. The van der Waals surface area contributed by atoms with Gasteiger partial charge in [-0.3, -0.25) is 9.89 Å². The summed E-state index contributed by atoms with van der Waals surface area (Å²) in [5, 5.41) is 19.6. The molecule has 1 amide bonds. The first-order valence-corrected chi connectivity index (χ1v) is 11.0. The summed E-state index contributed by atoms with van der Waals surface area (Å²) in [6.07, 6.45) is 1.33. The molecule has 0 radical (unpaired) electrons. The van der Waals surface area contributed by atoms with Crippen LogP contribution in [0.15, 0.2) is 60.0 Å². The first-order chi connectivity index (χ1) is 15.1. The molecule has 2 heterocycles. The Kier molecular flexibility index (Phi) is 6.98. The molecule has 1 aromatic heterocycles. The van der Waals surface area contributed by atoms with Crippen LogP contribution in [0.1, 0.15) is 42.4 Å². The number of anilines is 1. The Hall–Kier alpha value is -2.72. The van der Waals surface area contributed by atoms with E-state index in [4.69, 9.17) is 9.47 Å². The van der Waals surface area contributed by atoms with Crippen LogP contribution in [-0.2, 0) is 20.9 Å². The maximum Gasteiger partial charge on any atom is 0.221 e. The van der Waals surface area contributed by atoms with E-state index in [1.54, 1.807) is 11.8 Å². The van der Waals surface area contributed by atoms with E-state index in [-0.39, 0.29) is 24.7 Å². The largest absolute Gasteiger partial charge is 0.392 e. The Morgan fingerprint density at radius 1 is 1.23 bits per heavy atom. The normalized spacial score (nSPS) is 21.0. The molecule has 8 nitrogen and oxygen atoms in total. The number of amides is 1. The lowest BCUT2D eigenvalue weighted by Gasteiger charge is -2.36. The summed E-state index contributed by atoms with van der Waals surface area (Å²) in [7, 11) is 0. The summed E-state index contributed by atoms with van der Waals surface area (Å²) in [6.45, 7) is 1.48. The minimum absolute atomic E-state index is 0.00390. The summed E-state index contributed by atoms with van der Waals surface area (Å²) in [5.41, 5.74) is 3.41. The van der Waals surface area contributed by atoms with E-state index in [0.29, 0.717) is 17.9 Å². The third-order valence-corrected chi connectivity index (χ3v) is 5.90. The van der Waals surface area contributed by atoms with Crippen molar-refractivity contribution in [1.82, 2.24) is 15.2 Å². The second-order valence-electron chi connectivity index (χ2n) is 7.26. The zero-order valence-electron chi connectivity index (χ0n) is 17.0. The van der Waals surface area contributed by atoms with E-state index < -0.39 is 6.29 Å². The van der Waals surface area contributed by atoms with Crippen molar-refractivity contribution in [3.05, 3.63) is 71.5 Å². The van der Waals surface area contributed by atoms with Gasteiger partial charge in [0.1, 0.15) is 6.33 Å². The van der Waals surface area contributed by atoms with Crippen LogP contribution in [0.3, 0.4) is 0 Å². The van der Waals surface area contributed by atoms with Crippen LogP contribution in [0, 0.1) is 0 Å². The third kappa shape index (κ3) is 5.71. The highest BCUT2D eigenvalue weighted by Gasteiger charge is 2.32. The van der Waals surface area contributed by atoms with Crippen LogP contribution in [0.25, 0.3) is 0 Å². The minimum atomic E-state index is -0.578. The average molecular weight is 441 g/mol. The number of ether oxygens (including phenoxy) is 2. The van der Waals surface area contributed by atoms with Crippen molar-refractivity contribution >= 4 is 23.4 Å². The standard InChI is InChI=1S/C22H24N4O4S/c1-14(28)25-18-4-2-3-17(9-18)21-29-19(12-31-22-23-13-24-26-22)10-20(30-21)16-7-5-15(11-27)6-8-16/h2-9,13,19-21,27H,10-12H2,1H3,(H,25,28)(H,23,24,26). The molecular weight excluding hydrogens is 416 g/mol. The van der Waals surface area contributed by atoms with Gasteiger partial charge >= 0.3 is 0 Å². The first kappa shape index (κ1) is 21.5. The molecular formula is C22H24N4O4S. The molecule has 1 saturated heterocycles. The molecule has 1 aliphatic rings. The molecule has 4 rings (SSSR count). The summed E-state index contributed by atoms with van der Waals surface area (Å²) in [5.74, 6) is 0.553. The Bertz CT molecular complexity index is 997. The van der Waals surface area contributed by atoms with Crippen LogP contribution < -0.4 is 5.32 Å². The Morgan fingerprint density at radius 2 is 2.06 bits per heavy atom. The second-order valence-corrected chi connectivity index (χ2v) is 8.27. The highest BCUT2D eigenvalue weighted by Crippen LogP contribution is 2.39. The van der Waals surface area contributed by atoms with Crippen molar-refractivity contribution in [3.8, 4) is 0 Å². The number of carbonyl (C=O) groups excluding carboxylic acids is 1. The number of nitrogens with one attached hydrogen (secondary N) is 2. The number of H-pyrrole nitrogens is 1. The van der Waals surface area contributed by atoms with Gasteiger partial charge in [-0.1, -0.05) is 48.2 Å². The van der Waals surface area contributed by atoms with Gasteiger partial charge in [-0.05, 0) is 23.3 Å². The molecule has 3 unspecified atom stereocenters. The predicted molar refractivity (Wildman–Crippen MR) is 116 cm³/mol. The van der Waals surface area contributed by atoms with Gasteiger partial charge in [0.2, 0.25) is 5.91 Å². The number of carbonyl (C=O) groups is 1. The van der Waals surface area contributed by atoms with Gasteiger partial charge < -0.3 is 19.9 Å². The minimum Gasteiger partial charge on any atom is -0.392 e. The molecule has 0 spiro atoms. The lowest BCUT2D eigenvalue weighted by Crippen LogP contribution is -2.31. The van der Waals surface area contributed by atoms with Crippen molar-refractivity contribution in [2.75, 3.05) is 11.1 Å². The van der Waals surface area contributed by atoms with E-state index in [1.165, 1.54) is 13.3 Å². The molecule has 3 N–H and O–H groups in total. The maximum atomic E-state index is 11.4. The predicted octanol–water partition coefficient (Wildman–Crippen LogP) is 3.59. The highest BCUT2D eigenvalue weighted by molar-refractivity contribution is 7.99. The molecule has 1 aliphatic heterocycles. The fourth-order valence-corrected chi connectivity index (χ4v) is 4.22. The molecule has 3 atom stereocenters. The van der Waals surface area contributed by atoms with E-state index in [0.717, 1.165) is 21.8 Å². The number of hydrogen-bond donors (Lipinski definition) is 3. The van der Waals surface area contributed by atoms with Gasteiger partial charge in [-0.2, -0.15) is 5.10 Å². The summed E-state index contributed by atoms with van der Waals surface area (Å²) in [6, 6.07) is 15.2. The Morgan fingerprint density at radius 3 is 2.77 bits per heavy atom. The van der Waals surface area contributed by atoms with Gasteiger partial charge in [-0.15, -0.1) is 0 Å². The number of aromatic amines is 1. The topological polar surface area (TPSA) is 109 Å². The monoisotopic (exact) mass is 440 g/mol. The summed E-state index contributed by atoms with van der Waals surface area (Å²) < 4.78 is 12.6.